The van der Waals surface area contributed by atoms with Crippen LogP contribution in [0.2, 0.25) is 0 Å². The second-order valence-electron chi connectivity index (χ2n) is 3.12. The molecule has 0 spiro atoms. The number of hydrogen-bond acceptors (Lipinski definition) is 3. The molecule has 0 bridgehead atoms. The second-order valence-corrected chi connectivity index (χ2v) is 3.12. The van der Waals surface area contributed by atoms with E-state index >= 15 is 0 Å². The van der Waals surface area contributed by atoms with E-state index in [1.54, 1.807) is 13.0 Å². The minimum Gasteiger partial charge on any atom is -0.383 e. The fourth-order valence-electron chi connectivity index (χ4n) is 0.941. The van der Waals surface area contributed by atoms with Crippen LogP contribution in [0.4, 0.5) is 5.82 Å². The van der Waals surface area contributed by atoms with Crippen LogP contribution in [0.3, 0.4) is 0 Å². The molecular weight excluding hydrogens is 154 g/mol. The van der Waals surface area contributed by atoms with Crippen LogP contribution in [-0.4, -0.2) is 15.7 Å². The number of aryl methyl sites for hydroxylation is 1. The molecular formula is C8H13N3O. The highest BCUT2D eigenvalue weighted by Gasteiger charge is 2.13. The number of carbonyl (C=O) groups excluding carboxylic acids is 1. The highest BCUT2D eigenvalue weighted by atomic mass is 16.2. The lowest BCUT2D eigenvalue weighted by Crippen LogP contribution is -2.20. The Kier molecular flexibility index (Phi) is 2.17. The number of nitrogens with two attached hydrogens (primary N) is 1. The average molecular weight is 167 g/mol. The van der Waals surface area contributed by atoms with Crippen molar-refractivity contribution in [3.05, 3.63) is 11.8 Å². The van der Waals surface area contributed by atoms with E-state index < -0.39 is 0 Å². The van der Waals surface area contributed by atoms with Gasteiger partial charge in [0.25, 0.3) is 5.91 Å². The van der Waals surface area contributed by atoms with E-state index in [4.69, 9.17) is 5.73 Å². The first kappa shape index (κ1) is 8.77. The lowest BCUT2D eigenvalue weighted by Gasteiger charge is -2.04. The van der Waals surface area contributed by atoms with Gasteiger partial charge in [-0.25, -0.2) is 0 Å². The van der Waals surface area contributed by atoms with Crippen LogP contribution in [0.25, 0.3) is 0 Å². The fraction of sp³-hybridized carbons (Fsp3) is 0.500. The summed E-state index contributed by atoms with van der Waals surface area (Å²) in [5, 5.41) is 3.97. The van der Waals surface area contributed by atoms with Crippen LogP contribution in [0, 0.1) is 12.8 Å². The number of anilines is 1. The zero-order valence-electron chi connectivity index (χ0n) is 7.53. The number of rotatable bonds is 1. The van der Waals surface area contributed by atoms with Gasteiger partial charge in [0, 0.05) is 12.0 Å². The molecule has 1 aromatic heterocycles. The molecule has 0 aliphatic heterocycles. The summed E-state index contributed by atoms with van der Waals surface area (Å²) < 4.78 is 1.25. The molecule has 0 aromatic carbocycles. The van der Waals surface area contributed by atoms with Crippen molar-refractivity contribution in [2.24, 2.45) is 5.92 Å². The van der Waals surface area contributed by atoms with Gasteiger partial charge in [-0.1, -0.05) is 13.8 Å². The average Bonchev–Trinajstić information content (AvgIpc) is 2.28. The summed E-state index contributed by atoms with van der Waals surface area (Å²) in [7, 11) is 0. The molecule has 4 nitrogen and oxygen atoms in total. The van der Waals surface area contributed by atoms with E-state index in [1.807, 2.05) is 13.8 Å². The molecule has 66 valence electrons. The van der Waals surface area contributed by atoms with Gasteiger partial charge in [0.15, 0.2) is 0 Å². The molecule has 1 rings (SSSR count). The minimum absolute atomic E-state index is 0.0689. The molecule has 0 unspecified atom stereocenters. The summed E-state index contributed by atoms with van der Waals surface area (Å²) in [5.41, 5.74) is 6.32. The molecule has 2 N–H and O–H groups in total. The quantitative estimate of drug-likeness (QED) is 0.680. The molecule has 1 heterocycles. The SMILES string of the molecule is Cc1cc(N)n(C(=O)C(C)C)n1. The fourth-order valence-corrected chi connectivity index (χ4v) is 0.941. The van der Waals surface area contributed by atoms with Crippen molar-refractivity contribution < 1.29 is 4.79 Å². The third kappa shape index (κ3) is 1.47. The van der Waals surface area contributed by atoms with Crippen molar-refractivity contribution in [2.75, 3.05) is 5.73 Å². The maximum atomic E-state index is 11.4. The molecule has 0 radical (unpaired) electrons. The van der Waals surface area contributed by atoms with E-state index in [2.05, 4.69) is 5.10 Å². The standard InChI is InChI=1S/C8H13N3O/c1-5(2)8(12)11-7(9)4-6(3)10-11/h4-5H,9H2,1-3H3. The molecule has 0 aliphatic rings. The smallest absolute Gasteiger partial charge is 0.251 e. The summed E-state index contributed by atoms with van der Waals surface area (Å²) in [6.45, 7) is 5.44. The number of aromatic nitrogens is 2. The van der Waals surface area contributed by atoms with Gasteiger partial charge in [-0.05, 0) is 6.92 Å². The molecule has 0 aliphatic carbocycles. The highest BCUT2D eigenvalue weighted by molar-refractivity contribution is 5.82. The van der Waals surface area contributed by atoms with Crippen molar-refractivity contribution in [3.8, 4) is 0 Å². The van der Waals surface area contributed by atoms with Crippen LogP contribution in [0.5, 0.6) is 0 Å². The van der Waals surface area contributed by atoms with Gasteiger partial charge in [0.2, 0.25) is 0 Å². The molecule has 0 saturated heterocycles. The number of nitrogen functional groups attached to an aromatic ring is 1. The monoisotopic (exact) mass is 167 g/mol. The maximum absolute atomic E-state index is 11.4. The molecule has 0 amide bonds. The van der Waals surface area contributed by atoms with Crippen molar-refractivity contribution in [2.45, 2.75) is 20.8 Å². The Labute approximate surface area is 71.4 Å². The van der Waals surface area contributed by atoms with Gasteiger partial charge in [-0.3, -0.25) is 4.79 Å². The maximum Gasteiger partial charge on any atom is 0.251 e. The van der Waals surface area contributed by atoms with Gasteiger partial charge in [-0.15, -0.1) is 0 Å². The zero-order chi connectivity index (χ0) is 9.30. The van der Waals surface area contributed by atoms with E-state index in [-0.39, 0.29) is 11.8 Å². The lowest BCUT2D eigenvalue weighted by atomic mass is 10.2. The van der Waals surface area contributed by atoms with Crippen molar-refractivity contribution in [1.82, 2.24) is 9.78 Å². The topological polar surface area (TPSA) is 60.9 Å². The molecule has 4 heteroatoms. The number of carbonyl (C=O) groups is 1. The summed E-state index contributed by atoms with van der Waals surface area (Å²) in [4.78, 5) is 11.4. The number of hydrogen-bond donors (Lipinski definition) is 1. The summed E-state index contributed by atoms with van der Waals surface area (Å²) in [6.07, 6.45) is 0. The predicted molar refractivity (Wildman–Crippen MR) is 46.8 cm³/mol. The van der Waals surface area contributed by atoms with Crippen LogP contribution >= 0.6 is 0 Å². The Bertz CT molecular complexity index is 301. The van der Waals surface area contributed by atoms with Crippen molar-refractivity contribution in [1.29, 1.82) is 0 Å². The summed E-state index contributed by atoms with van der Waals surface area (Å²) in [5.74, 6) is 0.262. The van der Waals surface area contributed by atoms with Gasteiger partial charge in [0.05, 0.1) is 5.69 Å². The lowest BCUT2D eigenvalue weighted by molar-refractivity contribution is 0.0841. The predicted octanol–water partition coefficient (Wildman–Crippen LogP) is 1.07. The number of nitrogens with zero attached hydrogens (tertiary/aromatic N) is 2. The third-order valence-electron chi connectivity index (χ3n) is 1.56. The Hall–Kier alpha value is -1.32. The first-order chi connectivity index (χ1) is 5.52. The van der Waals surface area contributed by atoms with E-state index in [1.165, 1.54) is 4.68 Å². The van der Waals surface area contributed by atoms with Crippen molar-refractivity contribution >= 4 is 11.7 Å². The summed E-state index contributed by atoms with van der Waals surface area (Å²) >= 11 is 0. The summed E-state index contributed by atoms with van der Waals surface area (Å²) in [6, 6.07) is 1.68. The van der Waals surface area contributed by atoms with Gasteiger partial charge < -0.3 is 5.73 Å². The molecule has 0 saturated carbocycles. The van der Waals surface area contributed by atoms with Gasteiger partial charge in [0.1, 0.15) is 5.82 Å². The molecule has 12 heavy (non-hydrogen) atoms. The second kappa shape index (κ2) is 2.97. The minimum atomic E-state index is -0.0772. The van der Waals surface area contributed by atoms with Gasteiger partial charge >= 0.3 is 0 Å². The Balaban J connectivity index is 3.02. The molecule has 0 atom stereocenters. The molecule has 0 fully saturated rings. The Morgan fingerprint density at radius 3 is 2.58 bits per heavy atom. The van der Waals surface area contributed by atoms with Crippen LogP contribution < -0.4 is 5.73 Å². The first-order valence-corrected chi connectivity index (χ1v) is 3.88. The Morgan fingerprint density at radius 1 is 1.67 bits per heavy atom. The normalized spacial score (nSPS) is 10.7. The largest absolute Gasteiger partial charge is 0.383 e. The van der Waals surface area contributed by atoms with Gasteiger partial charge in [-0.2, -0.15) is 9.78 Å². The van der Waals surface area contributed by atoms with E-state index in [0.717, 1.165) is 5.69 Å². The Morgan fingerprint density at radius 2 is 2.25 bits per heavy atom. The van der Waals surface area contributed by atoms with Crippen LogP contribution in [0.1, 0.15) is 24.3 Å². The highest BCUT2D eigenvalue weighted by Crippen LogP contribution is 2.08. The zero-order valence-corrected chi connectivity index (χ0v) is 7.53. The third-order valence-corrected chi connectivity index (χ3v) is 1.56. The van der Waals surface area contributed by atoms with Crippen molar-refractivity contribution in [3.63, 3.8) is 0 Å². The van der Waals surface area contributed by atoms with E-state index in [0.29, 0.717) is 5.82 Å². The first-order valence-electron chi connectivity index (χ1n) is 3.88. The van der Waals surface area contributed by atoms with Crippen LogP contribution in [0.15, 0.2) is 6.07 Å². The van der Waals surface area contributed by atoms with E-state index in [9.17, 15) is 4.79 Å². The van der Waals surface area contributed by atoms with Crippen LogP contribution in [-0.2, 0) is 0 Å². The molecule has 1 aromatic rings.